The van der Waals surface area contributed by atoms with Crippen LogP contribution >= 0.6 is 0 Å². The van der Waals surface area contributed by atoms with Gasteiger partial charge in [0, 0.05) is 38.7 Å². The zero-order valence-electron chi connectivity index (χ0n) is 30.0. The van der Waals surface area contributed by atoms with Crippen molar-refractivity contribution < 1.29 is 4.74 Å². The molecule has 0 amide bonds. The molecule has 0 radical (unpaired) electrons. The minimum atomic E-state index is -0.583. The van der Waals surface area contributed by atoms with E-state index in [0.717, 1.165) is 16.9 Å². The fraction of sp³-hybridized carbons (Fsp3) is 0.0980. The maximum atomic E-state index is 6.93. The lowest BCUT2D eigenvalue weighted by atomic mass is 9.65. The molecule has 0 bridgehead atoms. The van der Waals surface area contributed by atoms with Gasteiger partial charge in [0.25, 0.3) is 0 Å². The van der Waals surface area contributed by atoms with Gasteiger partial charge in [0.2, 0.25) is 0 Å². The first-order chi connectivity index (χ1) is 26.0. The molecule has 8 aromatic carbocycles. The molecule has 8 aromatic rings. The Morgan fingerprint density at radius 2 is 1.00 bits per heavy atom. The number of anilines is 3. The lowest BCUT2D eigenvalue weighted by Gasteiger charge is -2.40. The zero-order valence-corrected chi connectivity index (χ0v) is 30.0. The van der Waals surface area contributed by atoms with E-state index in [-0.39, 0.29) is 5.41 Å². The molecule has 0 N–H and O–H groups in total. The van der Waals surface area contributed by atoms with E-state index in [2.05, 4.69) is 196 Å². The summed E-state index contributed by atoms with van der Waals surface area (Å²) in [6.07, 6.45) is 0. The quantitative estimate of drug-likeness (QED) is 0.184. The summed E-state index contributed by atoms with van der Waals surface area (Å²) in [5.74, 6) is 1.84. The molecule has 0 aromatic heterocycles. The van der Waals surface area contributed by atoms with Gasteiger partial charge >= 0.3 is 0 Å². The Morgan fingerprint density at radius 3 is 1.79 bits per heavy atom. The van der Waals surface area contributed by atoms with Crippen LogP contribution in [0.1, 0.15) is 52.8 Å². The van der Waals surface area contributed by atoms with Crippen LogP contribution in [0.3, 0.4) is 0 Å². The van der Waals surface area contributed by atoms with Crippen molar-refractivity contribution in [3.63, 3.8) is 0 Å². The highest BCUT2D eigenvalue weighted by molar-refractivity contribution is 6.03. The molecular formula is C51H37NO. The first-order valence-corrected chi connectivity index (χ1v) is 18.6. The summed E-state index contributed by atoms with van der Waals surface area (Å²) in [4.78, 5) is 2.55. The Hall–Kier alpha value is -6.38. The minimum absolute atomic E-state index is 0.118. The van der Waals surface area contributed by atoms with E-state index in [1.54, 1.807) is 0 Å². The van der Waals surface area contributed by atoms with Gasteiger partial charge in [-0.25, -0.2) is 0 Å². The number of hydrogen-bond acceptors (Lipinski definition) is 2. The minimum Gasteiger partial charge on any atom is -0.456 e. The van der Waals surface area contributed by atoms with Crippen LogP contribution in [-0.2, 0) is 10.8 Å². The summed E-state index contributed by atoms with van der Waals surface area (Å²) in [7, 11) is 0. The van der Waals surface area contributed by atoms with E-state index in [1.165, 1.54) is 83.6 Å². The van der Waals surface area contributed by atoms with Crippen molar-refractivity contribution in [1.29, 1.82) is 0 Å². The highest BCUT2D eigenvalue weighted by Gasteiger charge is 2.52. The van der Waals surface area contributed by atoms with Crippen molar-refractivity contribution in [2.45, 2.75) is 31.6 Å². The van der Waals surface area contributed by atoms with E-state index in [1.807, 2.05) is 0 Å². The van der Waals surface area contributed by atoms with Crippen LogP contribution in [0.25, 0.3) is 33.0 Å². The van der Waals surface area contributed by atoms with Crippen LogP contribution in [-0.4, -0.2) is 0 Å². The fourth-order valence-corrected chi connectivity index (χ4v) is 9.97. The number of ether oxygens (including phenoxy) is 1. The second-order valence-electron chi connectivity index (χ2n) is 15.2. The number of rotatable bonds is 3. The Kier molecular flexibility index (Phi) is 6.18. The Balaban J connectivity index is 1.27. The molecule has 2 nitrogen and oxygen atoms in total. The smallest absolute Gasteiger partial charge is 0.140 e. The molecule has 2 aliphatic carbocycles. The van der Waals surface area contributed by atoms with Crippen LogP contribution in [0.4, 0.5) is 17.1 Å². The summed E-state index contributed by atoms with van der Waals surface area (Å²) in [5.41, 5.74) is 16.8. The molecule has 1 aliphatic heterocycles. The average molecular weight is 680 g/mol. The Labute approximate surface area is 310 Å². The third-order valence-electron chi connectivity index (χ3n) is 12.3. The number of fused-ring (bicyclic) bond motifs is 14. The molecule has 11 rings (SSSR count). The summed E-state index contributed by atoms with van der Waals surface area (Å²) in [6.45, 7) is 6.96. The third-order valence-corrected chi connectivity index (χ3v) is 12.3. The Morgan fingerprint density at radius 1 is 0.434 bits per heavy atom. The molecule has 252 valence electrons. The monoisotopic (exact) mass is 679 g/mol. The van der Waals surface area contributed by atoms with E-state index in [0.29, 0.717) is 0 Å². The van der Waals surface area contributed by atoms with Gasteiger partial charge in [0.15, 0.2) is 0 Å². The summed E-state index contributed by atoms with van der Waals surface area (Å²) < 4.78 is 6.93. The van der Waals surface area contributed by atoms with Gasteiger partial charge in [-0.1, -0.05) is 159 Å². The fourth-order valence-electron chi connectivity index (χ4n) is 9.97. The maximum Gasteiger partial charge on any atom is 0.140 e. The van der Waals surface area contributed by atoms with Crippen LogP contribution in [0.2, 0.25) is 0 Å². The van der Waals surface area contributed by atoms with Crippen molar-refractivity contribution in [2.24, 2.45) is 0 Å². The van der Waals surface area contributed by atoms with E-state index < -0.39 is 5.41 Å². The van der Waals surface area contributed by atoms with Gasteiger partial charge in [-0.15, -0.1) is 0 Å². The molecule has 3 aliphatic rings. The number of benzene rings is 8. The molecule has 0 fully saturated rings. The highest BCUT2D eigenvalue weighted by atomic mass is 16.5. The first kappa shape index (κ1) is 30.3. The Bertz CT molecular complexity index is 2830. The van der Waals surface area contributed by atoms with Gasteiger partial charge in [-0.05, 0) is 75.5 Å². The normalized spacial score (nSPS) is 16.6. The van der Waals surface area contributed by atoms with Gasteiger partial charge in [0.1, 0.15) is 11.5 Å². The second kappa shape index (κ2) is 10.8. The van der Waals surface area contributed by atoms with E-state index in [4.69, 9.17) is 4.74 Å². The number of nitrogens with zero attached hydrogens (tertiary/aromatic N) is 1. The van der Waals surface area contributed by atoms with Gasteiger partial charge in [0.05, 0.1) is 16.8 Å². The number of hydrogen-bond donors (Lipinski definition) is 0. The van der Waals surface area contributed by atoms with Crippen molar-refractivity contribution in [2.75, 3.05) is 4.90 Å². The summed E-state index contributed by atoms with van der Waals surface area (Å²) in [5, 5.41) is 2.30. The van der Waals surface area contributed by atoms with Crippen LogP contribution in [0.5, 0.6) is 11.5 Å². The number of aryl methyl sites for hydroxylation is 1. The second-order valence-corrected chi connectivity index (χ2v) is 15.2. The van der Waals surface area contributed by atoms with Crippen LogP contribution in [0, 0.1) is 6.92 Å². The lowest BCUT2D eigenvalue weighted by molar-refractivity contribution is 0.441. The average Bonchev–Trinajstić information content (AvgIpc) is 3.62. The first-order valence-electron chi connectivity index (χ1n) is 18.6. The molecule has 1 heterocycles. The van der Waals surface area contributed by atoms with E-state index >= 15 is 0 Å². The maximum absolute atomic E-state index is 6.93. The highest BCUT2D eigenvalue weighted by Crippen LogP contribution is 2.65. The SMILES string of the molecule is Cc1ccccc1N(c1cccc2c1-c1ccccc1C2(C)C)c1cccc2c1-c1ccccc1C21c2ccccc2Oc2c1ccc1ccccc21. The summed E-state index contributed by atoms with van der Waals surface area (Å²) in [6, 6.07) is 62.6. The molecule has 2 heteroatoms. The predicted octanol–water partition coefficient (Wildman–Crippen LogP) is 13.4. The standard InChI is InChI=1S/C51H37NO/c1-32-16-4-12-26-43(32)52(44-27-14-24-40-47(44)35-19-7-9-21-37(35)50(40,2)3)45-28-15-25-41-48(45)36-20-8-10-22-38(36)51(41)39-23-11-13-29-46(39)53-49-34-18-6-5-17-33(34)30-31-42(49)51/h4-31H,1-3H3. The van der Waals surface area contributed by atoms with Gasteiger partial charge < -0.3 is 9.64 Å². The lowest BCUT2D eigenvalue weighted by Crippen LogP contribution is -2.32. The topological polar surface area (TPSA) is 12.5 Å². The molecule has 1 atom stereocenters. The van der Waals surface area contributed by atoms with Crippen molar-refractivity contribution in [3.8, 4) is 33.8 Å². The van der Waals surface area contributed by atoms with Crippen molar-refractivity contribution >= 4 is 27.8 Å². The molecular weight excluding hydrogens is 643 g/mol. The molecule has 0 saturated carbocycles. The largest absolute Gasteiger partial charge is 0.456 e. The molecule has 53 heavy (non-hydrogen) atoms. The van der Waals surface area contributed by atoms with Crippen molar-refractivity contribution in [3.05, 3.63) is 209 Å². The molecule has 0 saturated heterocycles. The number of para-hydroxylation sites is 2. The zero-order chi connectivity index (χ0) is 35.5. The van der Waals surface area contributed by atoms with Gasteiger partial charge in [-0.2, -0.15) is 0 Å². The predicted molar refractivity (Wildman–Crippen MR) is 218 cm³/mol. The van der Waals surface area contributed by atoms with E-state index in [9.17, 15) is 0 Å². The van der Waals surface area contributed by atoms with Crippen LogP contribution < -0.4 is 9.64 Å². The van der Waals surface area contributed by atoms with Gasteiger partial charge in [-0.3, -0.25) is 0 Å². The molecule has 1 unspecified atom stereocenters. The molecule has 1 spiro atoms. The van der Waals surface area contributed by atoms with Crippen molar-refractivity contribution in [1.82, 2.24) is 0 Å². The third kappa shape index (κ3) is 3.88. The summed E-state index contributed by atoms with van der Waals surface area (Å²) >= 11 is 0. The van der Waals surface area contributed by atoms with Crippen LogP contribution in [0.15, 0.2) is 170 Å².